The lowest BCUT2D eigenvalue weighted by Gasteiger charge is -2.09. The van der Waals surface area contributed by atoms with Gasteiger partial charge in [0.15, 0.2) is 0 Å². The van der Waals surface area contributed by atoms with Crippen molar-refractivity contribution >= 4 is 21.6 Å². The van der Waals surface area contributed by atoms with Crippen LogP contribution >= 0.6 is 11.3 Å². The number of nitrogens with zero attached hydrogens (tertiary/aromatic N) is 3. The molecule has 0 bridgehead atoms. The van der Waals surface area contributed by atoms with Gasteiger partial charge in [0.25, 0.3) is 5.62 Å². The number of hydrogen-bond acceptors (Lipinski definition) is 8. The minimum Gasteiger partial charge on any atom is -0.496 e. The maximum atomic E-state index is 12.2. The van der Waals surface area contributed by atoms with Gasteiger partial charge < -0.3 is 13.8 Å². The number of aromatic nitrogens is 3. The van der Waals surface area contributed by atoms with Crippen molar-refractivity contribution in [1.29, 1.82) is 5.41 Å². The lowest BCUT2D eigenvalue weighted by molar-refractivity contribution is 0.197. The van der Waals surface area contributed by atoms with Crippen LogP contribution in [-0.2, 0) is 6.54 Å². The summed E-state index contributed by atoms with van der Waals surface area (Å²) in [6.07, 6.45) is 0. The van der Waals surface area contributed by atoms with E-state index in [0.29, 0.717) is 16.8 Å². The molecule has 0 aliphatic heterocycles. The van der Waals surface area contributed by atoms with E-state index in [2.05, 4.69) is 4.98 Å². The predicted octanol–water partition coefficient (Wildman–Crippen LogP) is 2.76. The van der Waals surface area contributed by atoms with Gasteiger partial charge in [-0.15, -0.1) is 4.74 Å². The molecule has 0 spiro atoms. The Kier molecular flexibility index (Phi) is 5.54. The largest absolute Gasteiger partial charge is 0.496 e. The highest BCUT2D eigenvalue weighted by atomic mass is 32.1. The number of rotatable bonds is 4. The minimum atomic E-state index is -0.837. The molecule has 0 amide bonds. The number of aryl methyl sites for hydroxylation is 1. The van der Waals surface area contributed by atoms with Crippen molar-refractivity contribution in [3.63, 3.8) is 0 Å². The van der Waals surface area contributed by atoms with Gasteiger partial charge in [-0.2, -0.15) is 4.74 Å². The van der Waals surface area contributed by atoms with Crippen LogP contribution in [0.5, 0.6) is 5.75 Å². The summed E-state index contributed by atoms with van der Waals surface area (Å²) in [6, 6.07) is 14.7. The summed E-state index contributed by atoms with van der Waals surface area (Å²) >= 11 is 1.24. The van der Waals surface area contributed by atoms with E-state index in [4.69, 9.17) is 19.2 Å². The van der Waals surface area contributed by atoms with Gasteiger partial charge >= 0.3 is 11.3 Å². The zero-order valence-corrected chi connectivity index (χ0v) is 17.5. The van der Waals surface area contributed by atoms with Crippen LogP contribution in [0.15, 0.2) is 73.2 Å². The van der Waals surface area contributed by atoms with Gasteiger partial charge in [0.05, 0.1) is 23.9 Å². The van der Waals surface area contributed by atoms with Crippen molar-refractivity contribution in [2.75, 3.05) is 7.11 Å². The molecule has 0 radical (unpaired) electrons. The topological polar surface area (TPSA) is 116 Å². The summed E-state index contributed by atoms with van der Waals surface area (Å²) in [5.41, 5.74) is 0.353. The van der Waals surface area contributed by atoms with Gasteiger partial charge in [-0.1, -0.05) is 35.6 Å². The molecule has 0 fully saturated rings. The van der Waals surface area contributed by atoms with Crippen molar-refractivity contribution in [2.24, 2.45) is 0 Å². The molecule has 158 valence electrons. The van der Waals surface area contributed by atoms with E-state index in [1.807, 2.05) is 25.1 Å². The Bertz CT molecular complexity index is 1490. The summed E-state index contributed by atoms with van der Waals surface area (Å²) < 4.78 is 18.8. The van der Waals surface area contributed by atoms with Gasteiger partial charge in [-0.25, -0.2) is 14.6 Å². The van der Waals surface area contributed by atoms with Crippen molar-refractivity contribution < 1.29 is 13.8 Å². The Morgan fingerprint density at radius 3 is 2.58 bits per heavy atom. The number of fused-ring (bicyclic) bond motifs is 1. The quantitative estimate of drug-likeness (QED) is 0.524. The smallest absolute Gasteiger partial charge is 0.357 e. The van der Waals surface area contributed by atoms with Gasteiger partial charge in [0.1, 0.15) is 5.75 Å². The lowest BCUT2D eigenvalue weighted by Crippen LogP contribution is -2.30. The fourth-order valence-corrected chi connectivity index (χ4v) is 3.93. The Hall–Kier alpha value is -3.92. The number of benzene rings is 2. The molecule has 2 aromatic carbocycles. The first kappa shape index (κ1) is 20.4. The molecule has 0 saturated heterocycles. The predicted molar refractivity (Wildman–Crippen MR) is 114 cm³/mol. The summed E-state index contributed by atoms with van der Waals surface area (Å²) in [4.78, 5) is 28.8. The highest BCUT2D eigenvalue weighted by Gasteiger charge is 2.12. The van der Waals surface area contributed by atoms with Crippen LogP contribution in [0.2, 0.25) is 0 Å². The van der Waals surface area contributed by atoms with Crippen LogP contribution in [0.25, 0.3) is 15.3 Å². The van der Waals surface area contributed by atoms with Crippen molar-refractivity contribution in [3.8, 4) is 10.9 Å². The molecule has 10 heteroatoms. The second-order valence-corrected chi connectivity index (χ2v) is 7.60. The first-order valence-corrected chi connectivity index (χ1v) is 10.0. The number of nitrogens with one attached hydrogen (secondary N) is 1. The molecule has 0 aliphatic rings. The van der Waals surface area contributed by atoms with E-state index < -0.39 is 16.9 Å². The van der Waals surface area contributed by atoms with E-state index in [0.717, 1.165) is 31.9 Å². The fraction of sp³-hybridized carbons (Fsp3) is 0.143. The molecular formula is C21H18N4O5S. The van der Waals surface area contributed by atoms with Crippen LogP contribution in [0.3, 0.4) is 0 Å². The SMILES string of the molecule is COc1ccccc1Cn1oc(=O)ccc(=O)on(-c2nc3ccc(C)cc3s2)c1=N. The number of hydrogen-bond donors (Lipinski definition) is 1. The van der Waals surface area contributed by atoms with E-state index in [-0.39, 0.29) is 11.7 Å². The third-order valence-electron chi connectivity index (χ3n) is 4.38. The molecule has 4 aromatic rings. The van der Waals surface area contributed by atoms with Crippen molar-refractivity contribution in [2.45, 2.75) is 13.5 Å². The number of para-hydroxylation sites is 1. The Labute approximate surface area is 179 Å². The molecule has 0 aliphatic carbocycles. The molecule has 0 saturated carbocycles. The molecule has 2 heterocycles. The standard InChI is InChI=1S/C21H18N4O5S/c1-13-7-8-15-17(11-13)31-21(23-15)25-20(22)24(29-18(26)9-10-19(27)30-25)12-14-5-3-4-6-16(14)28-2/h3-11,22H,12H2,1-2H3. The van der Waals surface area contributed by atoms with Gasteiger partial charge in [-0.05, 0) is 30.7 Å². The van der Waals surface area contributed by atoms with E-state index in [9.17, 15) is 9.59 Å². The second kappa shape index (κ2) is 8.44. The molecule has 2 aromatic heterocycles. The Balaban J connectivity index is 1.99. The minimum absolute atomic E-state index is 0.0134. The average molecular weight is 438 g/mol. The monoisotopic (exact) mass is 438 g/mol. The van der Waals surface area contributed by atoms with Gasteiger partial charge in [0, 0.05) is 17.7 Å². The summed E-state index contributed by atoms with van der Waals surface area (Å²) in [6.45, 7) is 1.95. The van der Waals surface area contributed by atoms with Crippen LogP contribution in [-0.4, -0.2) is 21.6 Å². The van der Waals surface area contributed by atoms with Gasteiger partial charge in [-0.3, -0.25) is 5.41 Å². The summed E-state index contributed by atoms with van der Waals surface area (Å²) in [5, 5.41) is 8.89. The third-order valence-corrected chi connectivity index (χ3v) is 5.36. The second-order valence-electron chi connectivity index (χ2n) is 6.59. The van der Waals surface area contributed by atoms with Crippen LogP contribution in [0.4, 0.5) is 0 Å². The number of ether oxygens (including phenoxy) is 1. The van der Waals surface area contributed by atoms with E-state index >= 15 is 0 Å². The summed E-state index contributed by atoms with van der Waals surface area (Å²) in [5.74, 6) is 0.556. The third kappa shape index (κ3) is 4.33. The van der Waals surface area contributed by atoms with Crippen molar-refractivity contribution in [3.05, 3.63) is 92.2 Å². The molecule has 0 atom stereocenters. The zero-order valence-electron chi connectivity index (χ0n) is 16.7. The Morgan fingerprint density at radius 1 is 1.06 bits per heavy atom. The lowest BCUT2D eigenvalue weighted by atomic mass is 10.2. The highest BCUT2D eigenvalue weighted by molar-refractivity contribution is 7.20. The normalized spacial score (nSPS) is 10.8. The molecular weight excluding hydrogens is 420 g/mol. The molecule has 31 heavy (non-hydrogen) atoms. The average Bonchev–Trinajstić information content (AvgIpc) is 3.19. The fourth-order valence-electron chi connectivity index (χ4n) is 2.91. The van der Waals surface area contributed by atoms with Crippen LogP contribution < -0.4 is 21.6 Å². The van der Waals surface area contributed by atoms with Crippen LogP contribution in [0, 0.1) is 12.3 Å². The first-order valence-electron chi connectivity index (χ1n) is 9.22. The maximum absolute atomic E-state index is 12.2. The first-order chi connectivity index (χ1) is 14.9. The summed E-state index contributed by atoms with van der Waals surface area (Å²) in [7, 11) is 1.52. The molecule has 1 N–H and O–H groups in total. The number of thiazole rings is 1. The zero-order chi connectivity index (χ0) is 22.0. The molecule has 0 unspecified atom stereocenters. The number of methoxy groups -OCH3 is 1. The molecule has 4 rings (SSSR count). The van der Waals surface area contributed by atoms with E-state index in [1.54, 1.807) is 24.3 Å². The van der Waals surface area contributed by atoms with Gasteiger partial charge in [0.2, 0.25) is 5.13 Å². The van der Waals surface area contributed by atoms with Crippen molar-refractivity contribution in [1.82, 2.24) is 14.5 Å². The maximum Gasteiger partial charge on any atom is 0.357 e. The van der Waals surface area contributed by atoms with Crippen LogP contribution in [0.1, 0.15) is 11.1 Å². The van der Waals surface area contributed by atoms with E-state index in [1.165, 1.54) is 18.4 Å². The Morgan fingerprint density at radius 2 is 1.81 bits per heavy atom. The highest BCUT2D eigenvalue weighted by Crippen LogP contribution is 2.24. The molecule has 9 nitrogen and oxygen atoms in total.